The Morgan fingerprint density at radius 3 is 2.64 bits per heavy atom. The van der Waals surface area contributed by atoms with Gasteiger partial charge in [0.15, 0.2) is 11.6 Å². The zero-order valence-corrected chi connectivity index (χ0v) is 18.0. The number of halogens is 3. The first-order chi connectivity index (χ1) is 15.5. The first-order valence-electron chi connectivity index (χ1n) is 10.3. The molecule has 1 aromatic heterocycles. The summed E-state index contributed by atoms with van der Waals surface area (Å²) in [4.78, 5) is 30.7. The number of aromatic nitrogens is 1. The Morgan fingerprint density at radius 1 is 1.39 bits per heavy atom. The zero-order valence-electron chi connectivity index (χ0n) is 18.0. The lowest BCUT2D eigenvalue weighted by atomic mass is 9.89. The Kier molecular flexibility index (Phi) is 5.72. The van der Waals surface area contributed by atoms with E-state index in [0.29, 0.717) is 18.6 Å². The van der Waals surface area contributed by atoms with Crippen molar-refractivity contribution in [3.8, 4) is 5.75 Å². The number of anilines is 1. The molecule has 9 nitrogen and oxygen atoms in total. The second kappa shape index (κ2) is 8.25. The summed E-state index contributed by atoms with van der Waals surface area (Å²) in [6.07, 6.45) is 2.69. The van der Waals surface area contributed by atoms with Gasteiger partial charge in [-0.05, 0) is 25.8 Å². The fraction of sp³-hybridized carbons (Fsp3) is 0.476. The SMILES string of the molecule is CO/N=C1\CCN(c2c(F)cc3c(=O)c(C(=O)O)cn(C4CC4)c3c2OC(F)F)CC1(C)N. The number of hydrogen-bond acceptors (Lipinski definition) is 7. The third-order valence-electron chi connectivity index (χ3n) is 5.89. The van der Waals surface area contributed by atoms with Crippen molar-refractivity contribution < 1.29 is 32.6 Å². The van der Waals surface area contributed by atoms with Gasteiger partial charge in [0.25, 0.3) is 0 Å². The number of fused-ring (bicyclic) bond motifs is 1. The van der Waals surface area contributed by atoms with E-state index in [4.69, 9.17) is 15.3 Å². The highest BCUT2D eigenvalue weighted by molar-refractivity contribution is 5.98. The van der Waals surface area contributed by atoms with Crippen molar-refractivity contribution in [2.45, 2.75) is 44.4 Å². The highest BCUT2D eigenvalue weighted by Crippen LogP contribution is 2.45. The fourth-order valence-electron chi connectivity index (χ4n) is 4.28. The molecule has 0 radical (unpaired) electrons. The molecule has 1 aliphatic heterocycles. The molecule has 0 amide bonds. The summed E-state index contributed by atoms with van der Waals surface area (Å²) >= 11 is 0. The van der Waals surface area contributed by atoms with Crippen LogP contribution in [0.4, 0.5) is 18.9 Å². The maximum Gasteiger partial charge on any atom is 0.387 e. The largest absolute Gasteiger partial charge is 0.477 e. The van der Waals surface area contributed by atoms with E-state index in [1.807, 2.05) is 0 Å². The molecule has 33 heavy (non-hydrogen) atoms. The molecule has 2 aromatic rings. The Balaban J connectivity index is 1.98. The van der Waals surface area contributed by atoms with Gasteiger partial charge in [0.1, 0.15) is 18.4 Å². The van der Waals surface area contributed by atoms with Crippen LogP contribution < -0.4 is 20.8 Å². The quantitative estimate of drug-likeness (QED) is 0.626. The number of piperidine rings is 1. The summed E-state index contributed by atoms with van der Waals surface area (Å²) in [5.41, 5.74) is 3.92. The number of alkyl halides is 2. The average molecular weight is 468 g/mol. The van der Waals surface area contributed by atoms with Crippen LogP contribution in [0.1, 0.15) is 42.6 Å². The molecule has 3 N–H and O–H groups in total. The van der Waals surface area contributed by atoms with Gasteiger partial charge in [0, 0.05) is 31.7 Å². The summed E-state index contributed by atoms with van der Waals surface area (Å²) in [6, 6.07) is 0.662. The first kappa shape index (κ1) is 22.9. The second-order valence-electron chi connectivity index (χ2n) is 8.44. The minimum Gasteiger partial charge on any atom is -0.477 e. The predicted octanol–water partition coefficient (Wildman–Crippen LogP) is 2.71. The summed E-state index contributed by atoms with van der Waals surface area (Å²) in [6.45, 7) is -1.46. The van der Waals surface area contributed by atoms with E-state index in [1.54, 1.807) is 6.92 Å². The van der Waals surface area contributed by atoms with E-state index in [0.717, 1.165) is 12.3 Å². The van der Waals surface area contributed by atoms with E-state index < -0.39 is 40.7 Å². The van der Waals surface area contributed by atoms with Crippen LogP contribution in [-0.4, -0.2) is 53.7 Å². The number of aromatic carboxylic acids is 1. The van der Waals surface area contributed by atoms with Crippen LogP contribution in [-0.2, 0) is 4.84 Å². The number of nitrogens with two attached hydrogens (primary N) is 1. The maximum atomic E-state index is 15.4. The molecule has 1 aromatic carbocycles. The molecule has 1 unspecified atom stereocenters. The van der Waals surface area contributed by atoms with Crippen LogP contribution in [0.15, 0.2) is 22.2 Å². The number of ether oxygens (including phenoxy) is 1. The summed E-state index contributed by atoms with van der Waals surface area (Å²) < 4.78 is 48.6. The molecule has 1 saturated heterocycles. The Labute approximate surface area is 186 Å². The lowest BCUT2D eigenvalue weighted by Crippen LogP contribution is -2.59. The monoisotopic (exact) mass is 468 g/mol. The summed E-state index contributed by atoms with van der Waals surface area (Å²) in [7, 11) is 1.37. The normalized spacial score (nSPS) is 22.3. The molecule has 2 fully saturated rings. The minimum atomic E-state index is -3.31. The molecule has 12 heteroatoms. The number of carbonyl (C=O) groups is 1. The molecule has 0 spiro atoms. The number of benzene rings is 1. The molecule has 2 heterocycles. The van der Waals surface area contributed by atoms with Crippen LogP contribution in [0.2, 0.25) is 0 Å². The first-order valence-corrected chi connectivity index (χ1v) is 10.3. The molecular formula is C21H23F3N4O5. The van der Waals surface area contributed by atoms with Crippen molar-refractivity contribution in [3.05, 3.63) is 33.9 Å². The standard InChI is InChI=1S/C21H23F3N4O5/c1-21(25)9-27(6-5-14(21)26-32-2)16-13(22)7-11-15(18(16)33-20(23)24)28(10-3-4-10)8-12(17(11)29)19(30)31/h7-8,10,20H,3-6,9,25H2,1-2H3,(H,30,31)/b26-14+. The Hall–Kier alpha value is -3.28. The van der Waals surface area contributed by atoms with E-state index >= 15 is 4.39 Å². The van der Waals surface area contributed by atoms with Gasteiger partial charge in [-0.15, -0.1) is 0 Å². The smallest absolute Gasteiger partial charge is 0.387 e. The number of rotatable bonds is 6. The lowest BCUT2D eigenvalue weighted by molar-refractivity contribution is -0.0488. The van der Waals surface area contributed by atoms with Gasteiger partial charge in [0.05, 0.1) is 22.2 Å². The number of carboxylic acids is 1. The van der Waals surface area contributed by atoms with Crippen molar-refractivity contribution >= 4 is 28.3 Å². The molecule has 178 valence electrons. The van der Waals surface area contributed by atoms with Crippen LogP contribution in [0.5, 0.6) is 5.75 Å². The van der Waals surface area contributed by atoms with Gasteiger partial charge in [-0.2, -0.15) is 8.78 Å². The van der Waals surface area contributed by atoms with E-state index in [9.17, 15) is 23.5 Å². The van der Waals surface area contributed by atoms with Crippen molar-refractivity contribution in [1.29, 1.82) is 0 Å². The molecule has 0 bridgehead atoms. The van der Waals surface area contributed by atoms with Crippen molar-refractivity contribution in [2.24, 2.45) is 10.9 Å². The molecule has 4 rings (SSSR count). The number of pyridine rings is 1. The van der Waals surface area contributed by atoms with Crippen molar-refractivity contribution in [3.63, 3.8) is 0 Å². The summed E-state index contributed by atoms with van der Waals surface area (Å²) in [5.74, 6) is -3.01. The highest BCUT2D eigenvalue weighted by atomic mass is 19.3. The van der Waals surface area contributed by atoms with Crippen LogP contribution in [0, 0.1) is 5.82 Å². The van der Waals surface area contributed by atoms with Gasteiger partial charge < -0.3 is 29.9 Å². The molecule has 1 atom stereocenters. The van der Waals surface area contributed by atoms with Gasteiger partial charge in [-0.3, -0.25) is 4.79 Å². The van der Waals surface area contributed by atoms with E-state index in [-0.39, 0.29) is 42.1 Å². The van der Waals surface area contributed by atoms with E-state index in [1.165, 1.54) is 16.6 Å². The molecule has 1 saturated carbocycles. The maximum absolute atomic E-state index is 15.4. The van der Waals surface area contributed by atoms with Crippen molar-refractivity contribution in [1.82, 2.24) is 4.57 Å². The minimum absolute atomic E-state index is 0.0120. The summed E-state index contributed by atoms with van der Waals surface area (Å²) in [5, 5.41) is 13.0. The third-order valence-corrected chi connectivity index (χ3v) is 5.89. The number of nitrogens with zero attached hydrogens (tertiary/aromatic N) is 3. The van der Waals surface area contributed by atoms with Crippen LogP contribution >= 0.6 is 0 Å². The topological polar surface area (TPSA) is 119 Å². The number of carboxylic acid groups (broad SMARTS) is 1. The Morgan fingerprint density at radius 2 is 2.09 bits per heavy atom. The molecule has 1 aliphatic carbocycles. The van der Waals surface area contributed by atoms with Gasteiger partial charge in [-0.25, -0.2) is 9.18 Å². The second-order valence-corrected chi connectivity index (χ2v) is 8.44. The molecule has 2 aliphatic rings. The van der Waals surface area contributed by atoms with Crippen molar-refractivity contribution in [2.75, 3.05) is 25.1 Å². The molecular weight excluding hydrogens is 445 g/mol. The average Bonchev–Trinajstić information content (AvgIpc) is 3.55. The fourth-order valence-corrected chi connectivity index (χ4v) is 4.28. The van der Waals surface area contributed by atoms with E-state index in [2.05, 4.69) is 5.16 Å². The third kappa shape index (κ3) is 4.10. The zero-order chi connectivity index (χ0) is 24.1. The predicted molar refractivity (Wildman–Crippen MR) is 114 cm³/mol. The van der Waals surface area contributed by atoms with Crippen LogP contribution in [0.25, 0.3) is 10.9 Å². The van der Waals surface area contributed by atoms with Crippen LogP contribution in [0.3, 0.4) is 0 Å². The van der Waals surface area contributed by atoms with Gasteiger partial charge >= 0.3 is 12.6 Å². The lowest BCUT2D eigenvalue weighted by Gasteiger charge is -2.40. The van der Waals surface area contributed by atoms with Gasteiger partial charge in [-0.1, -0.05) is 5.16 Å². The van der Waals surface area contributed by atoms with Gasteiger partial charge in [0.2, 0.25) is 5.43 Å². The number of oxime groups is 1. The number of hydrogen-bond donors (Lipinski definition) is 2. The highest BCUT2D eigenvalue weighted by Gasteiger charge is 2.38. The Bertz CT molecular complexity index is 1210.